The van der Waals surface area contributed by atoms with Gasteiger partial charge in [-0.2, -0.15) is 0 Å². The summed E-state index contributed by atoms with van der Waals surface area (Å²) in [5.74, 6) is 0.231. The van der Waals surface area contributed by atoms with Gasteiger partial charge in [0.05, 0.1) is 24.4 Å². The molecule has 0 amide bonds. The lowest BCUT2D eigenvalue weighted by atomic mass is 9.81. The van der Waals surface area contributed by atoms with Crippen LogP contribution in [0.5, 0.6) is 5.75 Å². The van der Waals surface area contributed by atoms with Gasteiger partial charge in [0, 0.05) is 29.1 Å². The quantitative estimate of drug-likeness (QED) is 0.590. The summed E-state index contributed by atoms with van der Waals surface area (Å²) in [6, 6.07) is 10.2. The van der Waals surface area contributed by atoms with Crippen LogP contribution in [-0.4, -0.2) is 30.3 Å². The molecule has 2 N–H and O–H groups in total. The zero-order chi connectivity index (χ0) is 21.5. The molecular formula is C25H27FN2O3. The number of carbonyl (C=O) groups is 1. The highest BCUT2D eigenvalue weighted by molar-refractivity contribution is 5.99. The van der Waals surface area contributed by atoms with Crippen molar-refractivity contribution in [3.8, 4) is 17.0 Å². The lowest BCUT2D eigenvalue weighted by Crippen LogP contribution is -2.34. The first kappa shape index (κ1) is 20.1. The normalized spacial score (nSPS) is 19.1. The number of hydrogen-bond donors (Lipinski definition) is 1. The summed E-state index contributed by atoms with van der Waals surface area (Å²) < 4.78 is 27.2. The monoisotopic (exact) mass is 422 g/mol. The summed E-state index contributed by atoms with van der Waals surface area (Å²) in [5.41, 5.74) is 11.0. The molecule has 0 bridgehead atoms. The van der Waals surface area contributed by atoms with E-state index >= 15 is 0 Å². The maximum absolute atomic E-state index is 14.1. The molecule has 1 aliphatic heterocycles. The number of esters is 1. The minimum Gasteiger partial charge on any atom is -0.491 e. The Bertz CT molecular complexity index is 1150. The first-order chi connectivity index (χ1) is 15.1. The molecule has 1 atom stereocenters. The molecule has 2 aromatic carbocycles. The summed E-state index contributed by atoms with van der Waals surface area (Å²) in [5, 5.41) is 1.12. The number of hydrogen-bond acceptors (Lipinski definition) is 4. The SMILES string of the molecule is COC(=O)c1ccc2c(C3CCCCC3)c3n(c2c1)C[C@@H](N)COc1cc(F)ccc1-3. The van der Waals surface area contributed by atoms with E-state index in [-0.39, 0.29) is 17.8 Å². The summed E-state index contributed by atoms with van der Waals surface area (Å²) in [6.45, 7) is 0.852. The van der Waals surface area contributed by atoms with E-state index in [9.17, 15) is 9.18 Å². The second-order valence-electron chi connectivity index (χ2n) is 8.64. The second-order valence-corrected chi connectivity index (χ2v) is 8.64. The molecule has 5 nitrogen and oxygen atoms in total. The van der Waals surface area contributed by atoms with E-state index in [0.717, 1.165) is 35.0 Å². The van der Waals surface area contributed by atoms with Gasteiger partial charge in [0.2, 0.25) is 0 Å². The van der Waals surface area contributed by atoms with Gasteiger partial charge in [-0.25, -0.2) is 9.18 Å². The Morgan fingerprint density at radius 3 is 2.74 bits per heavy atom. The third-order valence-corrected chi connectivity index (χ3v) is 6.61. The van der Waals surface area contributed by atoms with Gasteiger partial charge >= 0.3 is 5.97 Å². The minimum atomic E-state index is -0.363. The standard InChI is InChI=1S/C25H27FN2O3/c1-30-25(29)16-7-9-19-21(11-16)28-13-18(27)14-31-22-12-17(26)8-10-20(22)24(28)23(19)15-5-3-2-4-6-15/h7-12,15,18H,2-6,13-14,27H2,1H3/t18-/m1/s1. The topological polar surface area (TPSA) is 66.5 Å². The molecule has 6 heteroatoms. The molecule has 2 heterocycles. The van der Waals surface area contributed by atoms with Crippen LogP contribution in [0.25, 0.3) is 22.2 Å². The molecule has 0 spiro atoms. The van der Waals surface area contributed by atoms with E-state index in [4.69, 9.17) is 15.2 Å². The van der Waals surface area contributed by atoms with Gasteiger partial charge in [-0.15, -0.1) is 0 Å². The number of rotatable bonds is 2. The van der Waals surface area contributed by atoms with Gasteiger partial charge in [0.25, 0.3) is 0 Å². The van der Waals surface area contributed by atoms with Crippen LogP contribution in [0.4, 0.5) is 4.39 Å². The van der Waals surface area contributed by atoms with Crippen molar-refractivity contribution in [3.05, 3.63) is 53.3 Å². The number of aromatic nitrogens is 1. The maximum Gasteiger partial charge on any atom is 0.337 e. The first-order valence-corrected chi connectivity index (χ1v) is 11.0. The predicted octanol–water partition coefficient (Wildman–Crippen LogP) is 5.00. The summed E-state index contributed by atoms with van der Waals surface area (Å²) >= 11 is 0. The van der Waals surface area contributed by atoms with Gasteiger partial charge < -0.3 is 19.8 Å². The average molecular weight is 423 g/mol. The minimum absolute atomic E-state index is 0.258. The molecule has 3 aromatic rings. The van der Waals surface area contributed by atoms with E-state index in [1.54, 1.807) is 6.07 Å². The zero-order valence-corrected chi connectivity index (χ0v) is 17.7. The van der Waals surface area contributed by atoms with Crippen molar-refractivity contribution in [2.75, 3.05) is 13.7 Å². The average Bonchev–Trinajstić information content (AvgIpc) is 3.09. The number of ether oxygens (including phenoxy) is 2. The molecule has 162 valence electrons. The van der Waals surface area contributed by atoms with Crippen LogP contribution in [0.15, 0.2) is 36.4 Å². The molecule has 31 heavy (non-hydrogen) atoms. The Morgan fingerprint density at radius 1 is 1.16 bits per heavy atom. The Kier molecular flexibility index (Phi) is 5.18. The van der Waals surface area contributed by atoms with Crippen LogP contribution in [0, 0.1) is 5.82 Å². The smallest absolute Gasteiger partial charge is 0.337 e. The summed E-state index contributed by atoms with van der Waals surface area (Å²) in [4.78, 5) is 12.2. The van der Waals surface area contributed by atoms with Crippen LogP contribution in [0.3, 0.4) is 0 Å². The number of halogens is 1. The third kappa shape index (κ3) is 3.49. The molecular weight excluding hydrogens is 395 g/mol. The van der Waals surface area contributed by atoms with Crippen molar-refractivity contribution in [2.45, 2.75) is 50.6 Å². The van der Waals surface area contributed by atoms with Gasteiger partial charge in [0.15, 0.2) is 0 Å². The van der Waals surface area contributed by atoms with Gasteiger partial charge in [-0.3, -0.25) is 0 Å². The van der Waals surface area contributed by atoms with Gasteiger partial charge in [-0.05, 0) is 48.6 Å². The maximum atomic E-state index is 14.1. The molecule has 2 aliphatic rings. The summed E-state index contributed by atoms with van der Waals surface area (Å²) in [7, 11) is 1.39. The van der Waals surface area contributed by atoms with E-state index in [0.29, 0.717) is 30.4 Å². The lowest BCUT2D eigenvalue weighted by Gasteiger charge is -2.27. The van der Waals surface area contributed by atoms with E-state index in [1.165, 1.54) is 44.1 Å². The zero-order valence-electron chi connectivity index (χ0n) is 17.7. The fourth-order valence-electron chi connectivity index (χ4n) is 5.20. The predicted molar refractivity (Wildman–Crippen MR) is 118 cm³/mol. The molecule has 0 radical (unpaired) electrons. The van der Waals surface area contributed by atoms with Crippen molar-refractivity contribution in [1.82, 2.24) is 4.57 Å². The third-order valence-electron chi connectivity index (χ3n) is 6.61. The largest absolute Gasteiger partial charge is 0.491 e. The van der Waals surface area contributed by atoms with Crippen LogP contribution in [0.1, 0.15) is 53.9 Å². The van der Waals surface area contributed by atoms with Gasteiger partial charge in [0.1, 0.15) is 18.2 Å². The molecule has 0 unspecified atom stereocenters. The van der Waals surface area contributed by atoms with Crippen molar-refractivity contribution in [1.29, 1.82) is 0 Å². The van der Waals surface area contributed by atoms with Crippen LogP contribution >= 0.6 is 0 Å². The van der Waals surface area contributed by atoms with E-state index in [1.807, 2.05) is 18.2 Å². The highest BCUT2D eigenvalue weighted by atomic mass is 19.1. The molecule has 1 fully saturated rings. The number of nitrogens with two attached hydrogens (primary N) is 1. The number of methoxy groups -OCH3 is 1. The highest BCUT2D eigenvalue weighted by Crippen LogP contribution is 2.47. The van der Waals surface area contributed by atoms with Crippen molar-refractivity contribution >= 4 is 16.9 Å². The van der Waals surface area contributed by atoms with Crippen LogP contribution in [0.2, 0.25) is 0 Å². The molecule has 1 aliphatic carbocycles. The lowest BCUT2D eigenvalue weighted by molar-refractivity contribution is 0.0601. The van der Waals surface area contributed by atoms with Crippen molar-refractivity contribution in [2.24, 2.45) is 5.73 Å². The first-order valence-electron chi connectivity index (χ1n) is 11.0. The molecule has 1 saturated carbocycles. The van der Waals surface area contributed by atoms with E-state index < -0.39 is 0 Å². The number of carbonyl (C=O) groups excluding carboxylic acids is 1. The number of fused-ring (bicyclic) bond motifs is 5. The highest BCUT2D eigenvalue weighted by Gasteiger charge is 2.30. The summed E-state index contributed by atoms with van der Waals surface area (Å²) in [6.07, 6.45) is 5.89. The van der Waals surface area contributed by atoms with Crippen molar-refractivity contribution < 1.29 is 18.7 Å². The fourth-order valence-corrected chi connectivity index (χ4v) is 5.20. The van der Waals surface area contributed by atoms with Crippen molar-refractivity contribution in [3.63, 3.8) is 0 Å². The van der Waals surface area contributed by atoms with Gasteiger partial charge in [-0.1, -0.05) is 25.3 Å². The molecule has 0 saturated heterocycles. The Labute approximate surface area is 180 Å². The van der Waals surface area contributed by atoms with E-state index in [2.05, 4.69) is 4.57 Å². The molecule has 5 rings (SSSR count). The Hall–Kier alpha value is -2.86. The molecule has 1 aromatic heterocycles. The van der Waals surface area contributed by atoms with Crippen LogP contribution < -0.4 is 10.5 Å². The second kappa shape index (κ2) is 8.00. The Morgan fingerprint density at radius 2 is 1.97 bits per heavy atom. The fraction of sp³-hybridized carbons (Fsp3) is 0.400. The Balaban J connectivity index is 1.84. The van der Waals surface area contributed by atoms with Crippen LogP contribution in [-0.2, 0) is 11.3 Å². The number of benzene rings is 2. The number of nitrogens with zero attached hydrogens (tertiary/aromatic N) is 1.